The molecule has 5 aliphatic rings. The van der Waals surface area contributed by atoms with Gasteiger partial charge in [0, 0.05) is 36.8 Å². The second-order valence-corrected chi connectivity index (χ2v) is 16.0. The molecule has 9 rings (SSSR count). The Bertz CT molecular complexity index is 2530. The van der Waals surface area contributed by atoms with Crippen molar-refractivity contribution in [2.24, 2.45) is 0 Å². The fourth-order valence-electron chi connectivity index (χ4n) is 7.32. The van der Waals surface area contributed by atoms with Crippen LogP contribution in [0.15, 0.2) is 64.6 Å². The SMILES string of the molecule is Cc1cccc(C)c1Oc1ccn([C@@H]2O[C@@H]3COCOCO[C@@H]3C2F)c(=S)n1.O=c1ccn([C@@H]2O[C@@H]3COCOCO[C@@H]3C2F)c(=S)[nH]1.O=c1ccn([C@@H]2O[C@H](CO)[C@H](O)C2F)c(=S)[nH]1. The van der Waals surface area contributed by atoms with Gasteiger partial charge < -0.3 is 57.6 Å². The van der Waals surface area contributed by atoms with Crippen LogP contribution in [0.3, 0.4) is 0 Å². The molecule has 3 aromatic heterocycles. The number of hydrogen-bond donors (Lipinski definition) is 4. The molecule has 1 aromatic carbocycles. The van der Waals surface area contributed by atoms with Crippen molar-refractivity contribution >= 4 is 36.7 Å². The molecule has 8 heterocycles. The Morgan fingerprint density at radius 2 is 1.20 bits per heavy atom. The number of benzene rings is 1. The third-order valence-corrected chi connectivity index (χ3v) is 11.5. The van der Waals surface area contributed by atoms with Crippen molar-refractivity contribution in [1.82, 2.24) is 28.7 Å². The lowest BCUT2D eigenvalue weighted by molar-refractivity contribution is -0.203. The highest BCUT2D eigenvalue weighted by Gasteiger charge is 2.49. The molecule has 5 saturated heterocycles. The normalized spacial score (nSPS) is 31.1. The number of aromatic amines is 2. The van der Waals surface area contributed by atoms with Crippen LogP contribution in [0.2, 0.25) is 0 Å². The Morgan fingerprint density at radius 1 is 0.708 bits per heavy atom. The average molecular weight is 975 g/mol. The predicted molar refractivity (Wildman–Crippen MR) is 224 cm³/mol. The van der Waals surface area contributed by atoms with Crippen LogP contribution in [0.5, 0.6) is 11.6 Å². The van der Waals surface area contributed by atoms with Crippen LogP contribution in [-0.2, 0) is 42.6 Å². The summed E-state index contributed by atoms with van der Waals surface area (Å²) in [6, 6.07) is 9.94. The van der Waals surface area contributed by atoms with Gasteiger partial charge >= 0.3 is 0 Å². The minimum absolute atomic E-state index is 0.00376. The van der Waals surface area contributed by atoms with Crippen molar-refractivity contribution < 1.29 is 70.8 Å². The molecule has 0 saturated carbocycles. The smallest absolute Gasteiger partial charge is 0.251 e. The Kier molecular flexibility index (Phi) is 16.6. The van der Waals surface area contributed by atoms with E-state index in [1.165, 1.54) is 38.2 Å². The zero-order valence-corrected chi connectivity index (χ0v) is 37.0. The summed E-state index contributed by atoms with van der Waals surface area (Å²) in [5.41, 5.74) is 1.23. The van der Waals surface area contributed by atoms with Gasteiger partial charge in [-0.15, -0.1) is 0 Å². The summed E-state index contributed by atoms with van der Waals surface area (Å²) < 4.78 is 101. The maximum Gasteiger partial charge on any atom is 0.251 e. The van der Waals surface area contributed by atoms with Gasteiger partial charge in [0.25, 0.3) is 11.1 Å². The number of alkyl halides is 3. The number of rotatable bonds is 6. The van der Waals surface area contributed by atoms with E-state index in [0.29, 0.717) is 5.88 Å². The molecule has 65 heavy (non-hydrogen) atoms. The number of aryl methyl sites for hydroxylation is 2. The van der Waals surface area contributed by atoms with Crippen molar-refractivity contribution in [2.45, 2.75) is 87.7 Å². The van der Waals surface area contributed by atoms with Gasteiger partial charge in [0.05, 0.1) is 19.8 Å². The molecule has 12 atom stereocenters. The van der Waals surface area contributed by atoms with Crippen molar-refractivity contribution in [2.75, 3.05) is 47.0 Å². The number of aliphatic hydroxyl groups is 2. The van der Waals surface area contributed by atoms with Gasteiger partial charge in [-0.2, -0.15) is 4.98 Å². The van der Waals surface area contributed by atoms with Crippen LogP contribution in [0.25, 0.3) is 0 Å². The standard InChI is InChI=1S/C19H21FN2O5S.C11H13FN2O5S.C9H11FN2O4S/c1-11-4-3-5-12(2)16(11)27-14-6-7-22(19(28)21-14)18-15(20)17-13(26-18)8-23-9-24-10-25-17;12-8-9-6(3-16-4-17-5-18-9)19-10(8)14-2-1-7(15)13-11(14)20;10-6-7(15)4(3-13)16-8(6)12-2-1-5(14)11-9(12)17/h3-7,13,15,17-18H,8-10H2,1-2H3;1-2,6,8-10H,3-5H2,(H,13,15,20);1-2,4,6-8,13,15H,3H2,(H,11,14,17)/t13-,15?,17+,18-;6-,8?,9+,10-;4-,6?,7+,8-/m111/s1. The van der Waals surface area contributed by atoms with Crippen LogP contribution >= 0.6 is 36.7 Å². The Hall–Kier alpha value is -4.13. The molecule has 4 aromatic rings. The molecule has 4 N–H and O–H groups in total. The lowest BCUT2D eigenvalue weighted by Gasteiger charge is -2.22. The second kappa shape index (κ2) is 22.1. The summed E-state index contributed by atoms with van der Waals surface area (Å²) in [5, 5.41) is 18.3. The lowest BCUT2D eigenvalue weighted by Crippen LogP contribution is -2.37. The van der Waals surface area contributed by atoms with E-state index in [9.17, 15) is 27.9 Å². The second-order valence-electron chi connectivity index (χ2n) is 14.9. The van der Waals surface area contributed by atoms with E-state index in [4.69, 9.17) is 89.1 Å². The molecule has 0 aliphatic carbocycles. The summed E-state index contributed by atoms with van der Waals surface area (Å²) in [5.74, 6) is 1.07. The van der Waals surface area contributed by atoms with Crippen LogP contribution in [0, 0.1) is 28.2 Å². The molecule has 5 aliphatic heterocycles. The first-order chi connectivity index (χ1) is 31.2. The van der Waals surface area contributed by atoms with Crippen LogP contribution in [-0.4, -0.2) is 141 Å². The molecule has 20 nitrogen and oxygen atoms in total. The van der Waals surface area contributed by atoms with Crippen molar-refractivity contribution in [3.63, 3.8) is 0 Å². The lowest BCUT2D eigenvalue weighted by atomic mass is 10.1. The summed E-state index contributed by atoms with van der Waals surface area (Å²) in [6.07, 6.45) is -8.46. The number of ether oxygens (including phenoxy) is 10. The zero-order chi connectivity index (χ0) is 46.4. The minimum Gasteiger partial charge on any atom is -0.438 e. The number of aromatic nitrogens is 6. The maximum absolute atomic E-state index is 15.0. The Labute approximate surface area is 382 Å². The number of nitrogens with zero attached hydrogens (tertiary/aromatic N) is 4. The van der Waals surface area contributed by atoms with Gasteiger partial charge in [0.1, 0.15) is 69.5 Å². The first-order valence-corrected chi connectivity index (χ1v) is 21.2. The maximum atomic E-state index is 15.0. The molecule has 0 bridgehead atoms. The minimum atomic E-state index is -1.72. The largest absolute Gasteiger partial charge is 0.438 e. The Balaban J connectivity index is 0.000000151. The third kappa shape index (κ3) is 11.4. The summed E-state index contributed by atoms with van der Waals surface area (Å²) in [6.45, 7) is 3.81. The monoisotopic (exact) mass is 974 g/mol. The highest BCUT2D eigenvalue weighted by Crippen LogP contribution is 2.37. The fourth-order valence-corrected chi connectivity index (χ4v) is 8.10. The van der Waals surface area contributed by atoms with Crippen molar-refractivity contribution in [3.05, 3.63) is 101 Å². The van der Waals surface area contributed by atoms with Crippen molar-refractivity contribution in [3.8, 4) is 11.6 Å². The summed E-state index contributed by atoms with van der Waals surface area (Å²) >= 11 is 15.2. The summed E-state index contributed by atoms with van der Waals surface area (Å²) in [7, 11) is 0. The fraction of sp³-hybridized carbons (Fsp3) is 0.538. The molecule has 26 heteroatoms. The quantitative estimate of drug-likeness (QED) is 0.203. The molecule has 0 amide bonds. The molecular weight excluding hydrogens is 930 g/mol. The molecule has 354 valence electrons. The molecule has 5 fully saturated rings. The number of fused-ring (bicyclic) bond motifs is 2. The molecular formula is C39H45F3N6O14S3. The highest BCUT2D eigenvalue weighted by molar-refractivity contribution is 7.71. The highest BCUT2D eigenvalue weighted by atomic mass is 32.1. The van der Waals surface area contributed by atoms with E-state index in [-0.39, 0.29) is 60.3 Å². The van der Waals surface area contributed by atoms with Crippen molar-refractivity contribution in [1.29, 1.82) is 0 Å². The van der Waals surface area contributed by atoms with Crippen LogP contribution in [0.1, 0.15) is 29.8 Å². The van der Waals surface area contributed by atoms with E-state index in [1.807, 2.05) is 32.0 Å². The van der Waals surface area contributed by atoms with E-state index in [2.05, 4.69) is 15.0 Å². The number of nitrogens with one attached hydrogen (secondary N) is 2. The number of hydrogen-bond acceptors (Lipinski definition) is 18. The third-order valence-electron chi connectivity index (χ3n) is 10.5. The van der Waals surface area contributed by atoms with Gasteiger partial charge in [-0.3, -0.25) is 33.3 Å². The number of halogens is 3. The average Bonchev–Trinajstić information content (AvgIpc) is 3.83. The van der Waals surface area contributed by atoms with Gasteiger partial charge in [-0.1, -0.05) is 18.2 Å². The van der Waals surface area contributed by atoms with Gasteiger partial charge in [0.2, 0.25) is 10.7 Å². The van der Waals surface area contributed by atoms with Crippen LogP contribution < -0.4 is 15.9 Å². The van der Waals surface area contributed by atoms with E-state index in [0.717, 1.165) is 16.9 Å². The Morgan fingerprint density at radius 3 is 1.68 bits per heavy atom. The zero-order valence-electron chi connectivity index (χ0n) is 34.5. The van der Waals surface area contributed by atoms with E-state index < -0.39 is 86.0 Å². The van der Waals surface area contributed by atoms with Gasteiger partial charge in [-0.25, -0.2) is 13.2 Å². The summed E-state index contributed by atoms with van der Waals surface area (Å²) in [4.78, 5) is 31.1. The first-order valence-electron chi connectivity index (χ1n) is 19.9. The van der Waals surface area contributed by atoms with Crippen LogP contribution in [0.4, 0.5) is 13.2 Å². The number of H-pyrrole nitrogens is 2. The molecule has 0 spiro atoms. The van der Waals surface area contributed by atoms with E-state index in [1.54, 1.807) is 12.3 Å². The number of para-hydroxylation sites is 1. The molecule has 0 radical (unpaired) electrons. The molecule has 3 unspecified atom stereocenters. The van der Waals surface area contributed by atoms with Gasteiger partial charge in [0.15, 0.2) is 46.7 Å². The first kappa shape index (κ1) is 48.8. The van der Waals surface area contributed by atoms with E-state index >= 15 is 0 Å². The number of aliphatic hydroxyl groups excluding tert-OH is 2. The topological polar surface area (TPSA) is 226 Å². The van der Waals surface area contributed by atoms with Gasteiger partial charge in [-0.05, 0) is 61.6 Å². The predicted octanol–water partition coefficient (Wildman–Crippen LogP) is 3.59.